The molecule has 4 heteroatoms. The molecule has 0 saturated carbocycles. The third kappa shape index (κ3) is 5.82. The fraction of sp³-hybridized carbons (Fsp3) is 1.00. The lowest BCUT2D eigenvalue weighted by Crippen LogP contribution is -2.51. The van der Waals surface area contributed by atoms with E-state index in [4.69, 9.17) is 15.2 Å². The van der Waals surface area contributed by atoms with E-state index >= 15 is 0 Å². The zero-order valence-corrected chi connectivity index (χ0v) is 11.5. The maximum Gasteiger partial charge on any atom is 0.0824 e. The fourth-order valence-electron chi connectivity index (χ4n) is 1.93. The molecule has 0 radical (unpaired) electrons. The second kappa shape index (κ2) is 8.03. The summed E-state index contributed by atoms with van der Waals surface area (Å²) in [6.07, 6.45) is 1.34. The SMILES string of the molecule is CC(C)CCOCCN1CC(CN)OCC1C. The molecule has 2 unspecified atom stereocenters. The third-order valence-corrected chi connectivity index (χ3v) is 3.26. The maximum atomic E-state index is 5.65. The summed E-state index contributed by atoms with van der Waals surface area (Å²) in [5.74, 6) is 0.721. The predicted molar refractivity (Wildman–Crippen MR) is 70.1 cm³/mol. The van der Waals surface area contributed by atoms with Gasteiger partial charge >= 0.3 is 0 Å². The Morgan fingerprint density at radius 3 is 2.82 bits per heavy atom. The number of morpholine rings is 1. The van der Waals surface area contributed by atoms with Crippen molar-refractivity contribution in [3.8, 4) is 0 Å². The number of rotatable bonds is 7. The predicted octanol–water partition coefficient (Wildman–Crippen LogP) is 1.10. The van der Waals surface area contributed by atoms with Gasteiger partial charge in [0.05, 0.1) is 19.3 Å². The zero-order chi connectivity index (χ0) is 12.7. The van der Waals surface area contributed by atoms with E-state index in [0.717, 1.165) is 45.2 Å². The highest BCUT2D eigenvalue weighted by Crippen LogP contribution is 2.10. The second-order valence-electron chi connectivity index (χ2n) is 5.33. The van der Waals surface area contributed by atoms with Gasteiger partial charge in [-0.15, -0.1) is 0 Å². The van der Waals surface area contributed by atoms with E-state index in [0.29, 0.717) is 12.6 Å². The molecule has 1 rings (SSSR count). The summed E-state index contributed by atoms with van der Waals surface area (Å²) in [4.78, 5) is 2.41. The van der Waals surface area contributed by atoms with Gasteiger partial charge in [0.1, 0.15) is 0 Å². The van der Waals surface area contributed by atoms with Gasteiger partial charge < -0.3 is 15.2 Å². The van der Waals surface area contributed by atoms with E-state index in [1.54, 1.807) is 0 Å². The Labute approximate surface area is 105 Å². The van der Waals surface area contributed by atoms with Crippen LogP contribution in [0.5, 0.6) is 0 Å². The van der Waals surface area contributed by atoms with Crippen molar-refractivity contribution < 1.29 is 9.47 Å². The molecule has 1 aliphatic rings. The van der Waals surface area contributed by atoms with Crippen molar-refractivity contribution >= 4 is 0 Å². The number of ether oxygens (including phenoxy) is 2. The van der Waals surface area contributed by atoms with Crippen LogP contribution in [0.25, 0.3) is 0 Å². The Morgan fingerprint density at radius 2 is 2.18 bits per heavy atom. The van der Waals surface area contributed by atoms with Gasteiger partial charge in [0, 0.05) is 32.3 Å². The first-order chi connectivity index (χ1) is 8.13. The molecule has 0 aromatic heterocycles. The topological polar surface area (TPSA) is 47.7 Å². The van der Waals surface area contributed by atoms with Gasteiger partial charge in [-0.2, -0.15) is 0 Å². The van der Waals surface area contributed by atoms with Crippen LogP contribution in [0.3, 0.4) is 0 Å². The number of nitrogens with zero attached hydrogens (tertiary/aromatic N) is 1. The molecule has 17 heavy (non-hydrogen) atoms. The molecule has 0 aromatic carbocycles. The lowest BCUT2D eigenvalue weighted by molar-refractivity contribution is -0.0609. The molecule has 2 atom stereocenters. The molecule has 1 heterocycles. The van der Waals surface area contributed by atoms with Crippen molar-refractivity contribution in [2.75, 3.05) is 39.5 Å². The van der Waals surface area contributed by atoms with Crippen molar-refractivity contribution in [1.82, 2.24) is 4.90 Å². The number of hydrogen-bond acceptors (Lipinski definition) is 4. The molecule has 0 amide bonds. The van der Waals surface area contributed by atoms with Crippen LogP contribution >= 0.6 is 0 Å². The van der Waals surface area contributed by atoms with E-state index in [2.05, 4.69) is 25.7 Å². The molecular formula is C13H28N2O2. The van der Waals surface area contributed by atoms with Crippen molar-refractivity contribution in [3.05, 3.63) is 0 Å². The smallest absolute Gasteiger partial charge is 0.0824 e. The summed E-state index contributed by atoms with van der Waals surface area (Å²) in [6.45, 7) is 11.6. The molecule has 0 bridgehead atoms. The van der Waals surface area contributed by atoms with Crippen molar-refractivity contribution in [1.29, 1.82) is 0 Å². The fourth-order valence-corrected chi connectivity index (χ4v) is 1.93. The molecule has 4 nitrogen and oxygen atoms in total. The first-order valence-electron chi connectivity index (χ1n) is 6.77. The maximum absolute atomic E-state index is 5.65. The molecule has 1 aliphatic heterocycles. The van der Waals surface area contributed by atoms with E-state index in [1.807, 2.05) is 0 Å². The van der Waals surface area contributed by atoms with Crippen LogP contribution in [0, 0.1) is 5.92 Å². The van der Waals surface area contributed by atoms with Crippen molar-refractivity contribution in [2.24, 2.45) is 11.7 Å². The van der Waals surface area contributed by atoms with Crippen LogP contribution < -0.4 is 5.73 Å². The van der Waals surface area contributed by atoms with Crippen LogP contribution in [-0.2, 0) is 9.47 Å². The lowest BCUT2D eigenvalue weighted by Gasteiger charge is -2.37. The Morgan fingerprint density at radius 1 is 1.41 bits per heavy atom. The molecule has 1 saturated heterocycles. The van der Waals surface area contributed by atoms with Crippen molar-refractivity contribution in [3.63, 3.8) is 0 Å². The Bertz CT molecular complexity index is 200. The van der Waals surface area contributed by atoms with Gasteiger partial charge in [-0.05, 0) is 19.3 Å². The van der Waals surface area contributed by atoms with Crippen molar-refractivity contribution in [2.45, 2.75) is 39.3 Å². The largest absolute Gasteiger partial charge is 0.380 e. The van der Waals surface area contributed by atoms with E-state index < -0.39 is 0 Å². The second-order valence-corrected chi connectivity index (χ2v) is 5.33. The summed E-state index contributed by atoms with van der Waals surface area (Å²) in [6, 6.07) is 0.478. The standard InChI is InChI=1S/C13H28N2O2/c1-11(2)4-6-16-7-5-15-9-13(8-14)17-10-12(15)3/h11-13H,4-10,14H2,1-3H3. The molecule has 102 valence electrons. The highest BCUT2D eigenvalue weighted by atomic mass is 16.5. The van der Waals surface area contributed by atoms with Crippen LogP contribution in [-0.4, -0.2) is 56.5 Å². The summed E-state index contributed by atoms with van der Waals surface area (Å²) in [5.41, 5.74) is 5.64. The zero-order valence-electron chi connectivity index (χ0n) is 11.5. The molecule has 1 fully saturated rings. The molecule has 0 spiro atoms. The molecule has 0 aliphatic carbocycles. The summed E-state index contributed by atoms with van der Waals surface area (Å²) < 4.78 is 11.3. The normalized spacial score (nSPS) is 26.6. The minimum atomic E-state index is 0.196. The number of nitrogens with two attached hydrogens (primary N) is 1. The van der Waals surface area contributed by atoms with Gasteiger partial charge in [-0.3, -0.25) is 4.90 Å². The summed E-state index contributed by atoms with van der Waals surface area (Å²) >= 11 is 0. The van der Waals surface area contributed by atoms with E-state index in [1.165, 1.54) is 0 Å². The summed E-state index contributed by atoms with van der Waals surface area (Å²) in [5, 5.41) is 0. The monoisotopic (exact) mass is 244 g/mol. The van der Waals surface area contributed by atoms with Gasteiger partial charge in [-0.1, -0.05) is 13.8 Å². The Balaban J connectivity index is 2.12. The van der Waals surface area contributed by atoms with Gasteiger partial charge in [0.2, 0.25) is 0 Å². The Hall–Kier alpha value is -0.160. The minimum Gasteiger partial charge on any atom is -0.380 e. The van der Waals surface area contributed by atoms with Gasteiger partial charge in [0.25, 0.3) is 0 Å². The molecular weight excluding hydrogens is 216 g/mol. The van der Waals surface area contributed by atoms with Crippen LogP contribution in [0.15, 0.2) is 0 Å². The Kier molecular flexibility index (Phi) is 7.04. The van der Waals surface area contributed by atoms with Gasteiger partial charge in [0.15, 0.2) is 0 Å². The molecule has 2 N–H and O–H groups in total. The number of hydrogen-bond donors (Lipinski definition) is 1. The first-order valence-corrected chi connectivity index (χ1v) is 6.77. The average Bonchev–Trinajstić information content (AvgIpc) is 2.30. The highest BCUT2D eigenvalue weighted by Gasteiger charge is 2.24. The third-order valence-electron chi connectivity index (χ3n) is 3.26. The lowest BCUT2D eigenvalue weighted by atomic mass is 10.1. The summed E-state index contributed by atoms with van der Waals surface area (Å²) in [7, 11) is 0. The first kappa shape index (κ1) is 14.9. The van der Waals surface area contributed by atoms with E-state index in [9.17, 15) is 0 Å². The molecule has 0 aromatic rings. The van der Waals surface area contributed by atoms with Crippen LogP contribution in [0.2, 0.25) is 0 Å². The van der Waals surface area contributed by atoms with Crippen LogP contribution in [0.4, 0.5) is 0 Å². The van der Waals surface area contributed by atoms with E-state index in [-0.39, 0.29) is 6.10 Å². The highest BCUT2D eigenvalue weighted by molar-refractivity contribution is 4.77. The van der Waals surface area contributed by atoms with Crippen LogP contribution in [0.1, 0.15) is 27.2 Å². The average molecular weight is 244 g/mol. The quantitative estimate of drug-likeness (QED) is 0.681. The minimum absolute atomic E-state index is 0.196. The van der Waals surface area contributed by atoms with Gasteiger partial charge in [-0.25, -0.2) is 0 Å².